The van der Waals surface area contributed by atoms with Crippen LogP contribution in [0, 0.1) is 0 Å². The summed E-state index contributed by atoms with van der Waals surface area (Å²) >= 11 is 1.71. The normalized spacial score (nSPS) is 13.1. The lowest BCUT2D eigenvalue weighted by Gasteiger charge is -2.15. The van der Waals surface area contributed by atoms with Crippen molar-refractivity contribution in [3.63, 3.8) is 0 Å². The maximum atomic E-state index is 5.59. The highest BCUT2D eigenvalue weighted by molar-refractivity contribution is 7.17. The van der Waals surface area contributed by atoms with Gasteiger partial charge in [-0.05, 0) is 26.8 Å². The van der Waals surface area contributed by atoms with Gasteiger partial charge in [-0.3, -0.25) is 4.99 Å². The van der Waals surface area contributed by atoms with Gasteiger partial charge in [0.1, 0.15) is 5.84 Å². The Morgan fingerprint density at radius 3 is 2.65 bits per heavy atom. The van der Waals surface area contributed by atoms with Crippen LogP contribution in [0.3, 0.4) is 0 Å². The maximum Gasteiger partial charge on any atom is 0.144 e. The van der Waals surface area contributed by atoms with Crippen LogP contribution in [0.2, 0.25) is 0 Å². The first-order valence-corrected chi connectivity index (χ1v) is 6.42. The molecule has 1 heterocycles. The zero-order valence-electron chi connectivity index (χ0n) is 10.3. The fourth-order valence-corrected chi connectivity index (χ4v) is 2.61. The van der Waals surface area contributed by atoms with Crippen molar-refractivity contribution in [2.24, 2.45) is 10.8 Å². The topological polar surface area (TPSA) is 50.4 Å². The summed E-state index contributed by atoms with van der Waals surface area (Å²) in [6, 6.07) is 8.27. The average Bonchev–Trinajstić information content (AvgIpc) is 2.68. The van der Waals surface area contributed by atoms with Crippen molar-refractivity contribution in [3.8, 4) is 0 Å². The Kier molecular flexibility index (Phi) is 3.17. The molecule has 90 valence electrons. The number of nitrogens with one attached hydrogen (secondary N) is 1. The molecule has 2 rings (SSSR count). The number of benzene rings is 1. The number of aliphatic imine (C=N–C) groups is 1. The lowest BCUT2D eigenvalue weighted by Crippen LogP contribution is -2.33. The summed E-state index contributed by atoms with van der Waals surface area (Å²) in [5, 5.41) is 3.29. The van der Waals surface area contributed by atoms with Crippen LogP contribution in [-0.2, 0) is 0 Å². The average molecular weight is 247 g/mol. The number of nitrogens with zero attached hydrogens (tertiary/aromatic N) is 1. The molecular weight excluding hydrogens is 230 g/mol. The smallest absolute Gasteiger partial charge is 0.144 e. The van der Waals surface area contributed by atoms with Crippen molar-refractivity contribution in [2.75, 3.05) is 0 Å². The second kappa shape index (κ2) is 4.47. The van der Waals surface area contributed by atoms with Gasteiger partial charge in [0.15, 0.2) is 0 Å². The Labute approximate surface area is 105 Å². The molecular formula is C13H17N3S. The van der Waals surface area contributed by atoms with Gasteiger partial charge in [-0.2, -0.15) is 0 Å². The van der Waals surface area contributed by atoms with E-state index in [2.05, 4.69) is 48.7 Å². The third kappa shape index (κ3) is 2.65. The van der Waals surface area contributed by atoms with Gasteiger partial charge < -0.3 is 5.43 Å². The van der Waals surface area contributed by atoms with Gasteiger partial charge in [0.25, 0.3) is 0 Å². The van der Waals surface area contributed by atoms with Crippen molar-refractivity contribution in [1.29, 1.82) is 0 Å². The lowest BCUT2D eigenvalue weighted by atomic mass is 10.1. The van der Waals surface area contributed by atoms with Crippen molar-refractivity contribution < 1.29 is 0 Å². The first-order valence-electron chi connectivity index (χ1n) is 5.54. The number of rotatable bonds is 1. The largest absolute Gasteiger partial charge is 0.308 e. The van der Waals surface area contributed by atoms with E-state index in [1.165, 1.54) is 10.1 Å². The van der Waals surface area contributed by atoms with Gasteiger partial charge in [0.2, 0.25) is 0 Å². The van der Waals surface area contributed by atoms with E-state index in [4.69, 9.17) is 5.84 Å². The minimum absolute atomic E-state index is 0.148. The number of hydrogen-bond acceptors (Lipinski definition) is 3. The van der Waals surface area contributed by atoms with Gasteiger partial charge in [-0.15, -0.1) is 11.3 Å². The van der Waals surface area contributed by atoms with Crippen LogP contribution in [0.25, 0.3) is 10.1 Å². The number of fused-ring (bicyclic) bond motifs is 1. The van der Waals surface area contributed by atoms with Crippen LogP contribution in [0.1, 0.15) is 26.3 Å². The molecule has 0 unspecified atom stereocenters. The second-order valence-electron chi connectivity index (χ2n) is 4.92. The fraction of sp³-hybridized carbons (Fsp3) is 0.308. The van der Waals surface area contributed by atoms with E-state index < -0.39 is 0 Å². The Bertz CT molecular complexity index is 549. The summed E-state index contributed by atoms with van der Waals surface area (Å²) in [5.74, 6) is 6.33. The van der Waals surface area contributed by atoms with Crippen molar-refractivity contribution in [2.45, 2.75) is 26.3 Å². The van der Waals surface area contributed by atoms with E-state index in [-0.39, 0.29) is 5.54 Å². The van der Waals surface area contributed by atoms with Gasteiger partial charge in [0.05, 0.1) is 5.54 Å². The molecule has 3 N–H and O–H groups in total. The Balaban J connectivity index is 2.55. The minimum atomic E-state index is -0.148. The monoisotopic (exact) mass is 247 g/mol. The molecule has 0 aliphatic rings. The van der Waals surface area contributed by atoms with E-state index in [9.17, 15) is 0 Å². The van der Waals surface area contributed by atoms with E-state index in [0.717, 1.165) is 11.4 Å². The molecule has 0 fully saturated rings. The molecule has 1 aromatic heterocycles. The van der Waals surface area contributed by atoms with Crippen molar-refractivity contribution >= 4 is 27.3 Å². The minimum Gasteiger partial charge on any atom is -0.308 e. The fourth-order valence-electron chi connectivity index (χ4n) is 1.67. The maximum absolute atomic E-state index is 5.59. The van der Waals surface area contributed by atoms with Crippen LogP contribution in [0.4, 0.5) is 0 Å². The molecule has 0 aliphatic heterocycles. The molecule has 0 bridgehead atoms. The summed E-state index contributed by atoms with van der Waals surface area (Å²) in [6.07, 6.45) is 0. The standard InChI is InChI=1S/C13H17N3S/c1-13(2,3)15-12(16-14)10-8-17-11-7-5-4-6-9(10)11/h4-8H,14H2,1-3H3,(H,15,16). The van der Waals surface area contributed by atoms with Crippen LogP contribution < -0.4 is 11.3 Å². The van der Waals surface area contributed by atoms with Crippen LogP contribution in [0.15, 0.2) is 34.6 Å². The number of nitrogens with two attached hydrogens (primary N) is 1. The lowest BCUT2D eigenvalue weighted by molar-refractivity contribution is 0.580. The predicted molar refractivity (Wildman–Crippen MR) is 75.4 cm³/mol. The van der Waals surface area contributed by atoms with E-state index in [1.807, 2.05) is 12.1 Å². The summed E-state index contributed by atoms with van der Waals surface area (Å²) in [7, 11) is 0. The molecule has 0 atom stereocenters. The van der Waals surface area contributed by atoms with Crippen LogP contribution in [0.5, 0.6) is 0 Å². The van der Waals surface area contributed by atoms with Crippen molar-refractivity contribution in [1.82, 2.24) is 5.43 Å². The number of hydrogen-bond donors (Lipinski definition) is 2. The Morgan fingerprint density at radius 2 is 2.00 bits per heavy atom. The SMILES string of the molecule is CC(C)(C)N=C(NN)c1csc2ccccc12. The highest BCUT2D eigenvalue weighted by Gasteiger charge is 2.13. The van der Waals surface area contributed by atoms with Gasteiger partial charge in [-0.1, -0.05) is 18.2 Å². The molecule has 0 amide bonds. The number of thiophene rings is 1. The Morgan fingerprint density at radius 1 is 1.29 bits per heavy atom. The van der Waals surface area contributed by atoms with Crippen LogP contribution >= 0.6 is 11.3 Å². The molecule has 0 aliphatic carbocycles. The van der Waals surface area contributed by atoms with Crippen LogP contribution in [-0.4, -0.2) is 11.4 Å². The molecule has 3 nitrogen and oxygen atoms in total. The van der Waals surface area contributed by atoms with E-state index in [1.54, 1.807) is 11.3 Å². The van der Waals surface area contributed by atoms with E-state index in [0.29, 0.717) is 0 Å². The summed E-state index contributed by atoms with van der Waals surface area (Å²) in [4.78, 5) is 4.61. The van der Waals surface area contributed by atoms with E-state index >= 15 is 0 Å². The summed E-state index contributed by atoms with van der Waals surface area (Å²) in [5.41, 5.74) is 3.63. The number of hydrazine groups is 1. The highest BCUT2D eigenvalue weighted by Crippen LogP contribution is 2.26. The van der Waals surface area contributed by atoms with Gasteiger partial charge >= 0.3 is 0 Å². The molecule has 0 spiro atoms. The van der Waals surface area contributed by atoms with Gasteiger partial charge in [-0.25, -0.2) is 5.84 Å². The Hall–Kier alpha value is -1.39. The molecule has 4 heteroatoms. The van der Waals surface area contributed by atoms with Crippen molar-refractivity contribution in [3.05, 3.63) is 35.2 Å². The quantitative estimate of drug-likeness (QED) is 0.352. The summed E-state index contributed by atoms with van der Waals surface area (Å²) < 4.78 is 1.25. The first-order chi connectivity index (χ1) is 8.01. The zero-order valence-corrected chi connectivity index (χ0v) is 11.1. The summed E-state index contributed by atoms with van der Waals surface area (Å²) in [6.45, 7) is 6.16. The predicted octanol–water partition coefficient (Wildman–Crippen LogP) is 2.91. The molecule has 17 heavy (non-hydrogen) atoms. The second-order valence-corrected chi connectivity index (χ2v) is 5.83. The molecule has 1 aromatic carbocycles. The molecule has 0 saturated heterocycles. The molecule has 0 radical (unpaired) electrons. The van der Waals surface area contributed by atoms with Gasteiger partial charge in [0, 0.05) is 21.0 Å². The third-order valence-electron chi connectivity index (χ3n) is 2.32. The highest BCUT2D eigenvalue weighted by atomic mass is 32.1. The first kappa shape index (κ1) is 12.1. The molecule has 2 aromatic rings. The number of amidine groups is 1. The zero-order chi connectivity index (χ0) is 12.5. The molecule has 0 saturated carbocycles. The third-order valence-corrected chi connectivity index (χ3v) is 3.28.